The molecule has 0 aliphatic carbocycles. The van der Waals surface area contributed by atoms with Crippen molar-refractivity contribution in [2.75, 3.05) is 0 Å². The maximum atomic E-state index is 8.23. The number of nitrogens with one attached hydrogen (secondary N) is 1. The van der Waals surface area contributed by atoms with E-state index in [0.717, 1.165) is 14.2 Å². The van der Waals surface area contributed by atoms with Gasteiger partial charge in [-0.2, -0.15) is 0 Å². The van der Waals surface area contributed by atoms with Crippen molar-refractivity contribution < 1.29 is 0 Å². The SMILES string of the molecule is [N-]=[N+]=Nc1ccc2[nH]c(=S)sc2c1. The van der Waals surface area contributed by atoms with Gasteiger partial charge in [0.15, 0.2) is 3.95 Å². The summed E-state index contributed by atoms with van der Waals surface area (Å²) in [7, 11) is 0. The van der Waals surface area contributed by atoms with Gasteiger partial charge in [-0.1, -0.05) is 11.2 Å². The van der Waals surface area contributed by atoms with Crippen LogP contribution in [0.3, 0.4) is 0 Å². The monoisotopic (exact) mass is 208 g/mol. The van der Waals surface area contributed by atoms with E-state index in [1.807, 2.05) is 12.1 Å². The zero-order valence-corrected chi connectivity index (χ0v) is 8.02. The Hall–Kier alpha value is -1.36. The largest absolute Gasteiger partial charge is 0.337 e. The number of azide groups is 1. The van der Waals surface area contributed by atoms with Crippen LogP contribution in [0.2, 0.25) is 0 Å². The molecule has 1 N–H and O–H groups in total. The lowest BCUT2D eigenvalue weighted by Gasteiger charge is -1.89. The molecule has 2 rings (SSSR count). The van der Waals surface area contributed by atoms with E-state index >= 15 is 0 Å². The van der Waals surface area contributed by atoms with Crippen molar-refractivity contribution in [3.8, 4) is 0 Å². The lowest BCUT2D eigenvalue weighted by Crippen LogP contribution is -1.65. The molecule has 0 spiro atoms. The third-order valence-electron chi connectivity index (χ3n) is 1.56. The number of hydrogen-bond acceptors (Lipinski definition) is 3. The number of nitrogens with zero attached hydrogens (tertiary/aromatic N) is 3. The summed E-state index contributed by atoms with van der Waals surface area (Å²) in [6.45, 7) is 0. The average molecular weight is 208 g/mol. The maximum absolute atomic E-state index is 8.23. The number of aromatic nitrogens is 1. The average Bonchev–Trinajstić information content (AvgIpc) is 2.44. The number of thiazole rings is 1. The molecule has 0 bridgehead atoms. The first-order valence-corrected chi connectivity index (χ1v) is 4.70. The second-order valence-corrected chi connectivity index (χ2v) is 4.10. The summed E-state index contributed by atoms with van der Waals surface area (Å²) in [5.74, 6) is 0. The molecule has 0 saturated heterocycles. The van der Waals surface area contributed by atoms with Crippen LogP contribution in [0.15, 0.2) is 23.3 Å². The molecule has 1 aromatic carbocycles. The Labute approximate surface area is 82.5 Å². The minimum Gasteiger partial charge on any atom is -0.337 e. The number of rotatable bonds is 1. The number of fused-ring (bicyclic) bond motifs is 1. The van der Waals surface area contributed by atoms with Gasteiger partial charge in [-0.25, -0.2) is 0 Å². The molecule has 13 heavy (non-hydrogen) atoms. The fraction of sp³-hybridized carbons (Fsp3) is 0. The highest BCUT2D eigenvalue weighted by Gasteiger charge is 1.96. The van der Waals surface area contributed by atoms with Crippen molar-refractivity contribution in [3.05, 3.63) is 32.6 Å². The van der Waals surface area contributed by atoms with E-state index in [2.05, 4.69) is 15.0 Å². The summed E-state index contributed by atoms with van der Waals surface area (Å²) in [6.07, 6.45) is 0. The predicted molar refractivity (Wildman–Crippen MR) is 55.8 cm³/mol. The normalized spacial score (nSPS) is 9.85. The zero-order chi connectivity index (χ0) is 9.26. The van der Waals surface area contributed by atoms with Crippen LogP contribution in [0, 0.1) is 3.95 Å². The van der Waals surface area contributed by atoms with Crippen molar-refractivity contribution >= 4 is 39.5 Å². The lowest BCUT2D eigenvalue weighted by molar-refractivity contribution is 1.45. The van der Waals surface area contributed by atoms with E-state index < -0.39 is 0 Å². The smallest absolute Gasteiger partial charge is 0.159 e. The van der Waals surface area contributed by atoms with Crippen LogP contribution >= 0.6 is 23.6 Å². The van der Waals surface area contributed by atoms with Crippen LogP contribution in [0.1, 0.15) is 0 Å². The summed E-state index contributed by atoms with van der Waals surface area (Å²) < 4.78 is 1.74. The summed E-state index contributed by atoms with van der Waals surface area (Å²) in [5.41, 5.74) is 9.82. The summed E-state index contributed by atoms with van der Waals surface area (Å²) in [5, 5.41) is 3.51. The summed E-state index contributed by atoms with van der Waals surface area (Å²) in [6, 6.07) is 5.41. The van der Waals surface area contributed by atoms with Gasteiger partial charge in [0.05, 0.1) is 10.2 Å². The molecule has 2 aromatic rings. The fourth-order valence-corrected chi connectivity index (χ4v) is 2.20. The third kappa shape index (κ3) is 1.55. The first-order chi connectivity index (χ1) is 6.29. The highest BCUT2D eigenvalue weighted by molar-refractivity contribution is 7.73. The van der Waals surface area contributed by atoms with E-state index in [4.69, 9.17) is 17.7 Å². The Morgan fingerprint density at radius 2 is 2.38 bits per heavy atom. The van der Waals surface area contributed by atoms with Gasteiger partial charge in [0.25, 0.3) is 0 Å². The molecule has 1 heterocycles. The Morgan fingerprint density at radius 3 is 3.15 bits per heavy atom. The Kier molecular flexibility index (Phi) is 2.02. The van der Waals surface area contributed by atoms with Crippen LogP contribution < -0.4 is 0 Å². The van der Waals surface area contributed by atoms with Crippen molar-refractivity contribution in [2.45, 2.75) is 0 Å². The highest BCUT2D eigenvalue weighted by atomic mass is 32.1. The van der Waals surface area contributed by atoms with Gasteiger partial charge in [0.2, 0.25) is 0 Å². The van der Waals surface area contributed by atoms with Gasteiger partial charge in [-0.15, -0.1) is 11.3 Å². The second-order valence-electron chi connectivity index (χ2n) is 2.38. The van der Waals surface area contributed by atoms with Gasteiger partial charge < -0.3 is 4.98 Å². The molecule has 1 aromatic heterocycles. The van der Waals surface area contributed by atoms with Crippen molar-refractivity contribution in [2.24, 2.45) is 5.11 Å². The lowest BCUT2D eigenvalue weighted by atomic mass is 10.3. The Balaban J connectivity index is 2.74. The van der Waals surface area contributed by atoms with Gasteiger partial charge in [-0.3, -0.25) is 0 Å². The summed E-state index contributed by atoms with van der Waals surface area (Å²) in [4.78, 5) is 5.74. The van der Waals surface area contributed by atoms with Crippen molar-refractivity contribution in [1.82, 2.24) is 4.98 Å². The topological polar surface area (TPSA) is 64.6 Å². The molecule has 0 saturated carbocycles. The first-order valence-electron chi connectivity index (χ1n) is 3.47. The highest BCUT2D eigenvalue weighted by Crippen LogP contribution is 2.24. The molecule has 0 atom stereocenters. The standard InChI is InChI=1S/C7H4N4S2/c8-11-10-4-1-2-5-6(3-4)13-7(12)9-5/h1-3H,(H,9,12). The number of benzene rings is 1. The number of H-pyrrole nitrogens is 1. The van der Waals surface area contributed by atoms with Gasteiger partial charge in [-0.05, 0) is 29.9 Å². The van der Waals surface area contributed by atoms with Gasteiger partial charge >= 0.3 is 0 Å². The van der Waals surface area contributed by atoms with Crippen LogP contribution in [-0.4, -0.2) is 4.98 Å². The minimum absolute atomic E-state index is 0.611. The van der Waals surface area contributed by atoms with E-state index in [0.29, 0.717) is 5.69 Å². The molecule has 0 aliphatic rings. The molecule has 0 unspecified atom stereocenters. The molecule has 0 fully saturated rings. The van der Waals surface area contributed by atoms with E-state index in [1.54, 1.807) is 6.07 Å². The van der Waals surface area contributed by atoms with Crippen LogP contribution in [-0.2, 0) is 0 Å². The van der Waals surface area contributed by atoms with E-state index in [-0.39, 0.29) is 0 Å². The van der Waals surface area contributed by atoms with Gasteiger partial charge in [0, 0.05) is 10.6 Å². The quantitative estimate of drug-likeness (QED) is 0.328. The van der Waals surface area contributed by atoms with Crippen molar-refractivity contribution in [1.29, 1.82) is 0 Å². The summed E-state index contributed by atoms with van der Waals surface area (Å²) >= 11 is 6.45. The number of hydrogen-bond donors (Lipinski definition) is 1. The second kappa shape index (κ2) is 3.18. The van der Waals surface area contributed by atoms with E-state index in [1.165, 1.54) is 11.3 Å². The molecule has 0 radical (unpaired) electrons. The molecule has 64 valence electrons. The zero-order valence-electron chi connectivity index (χ0n) is 6.39. The Bertz CT molecular complexity index is 547. The Morgan fingerprint density at radius 1 is 1.54 bits per heavy atom. The molecular formula is C7H4N4S2. The molecule has 0 aliphatic heterocycles. The first kappa shape index (κ1) is 8.25. The van der Waals surface area contributed by atoms with E-state index in [9.17, 15) is 0 Å². The molecule has 0 amide bonds. The molecular weight excluding hydrogens is 204 g/mol. The van der Waals surface area contributed by atoms with Crippen LogP contribution in [0.5, 0.6) is 0 Å². The van der Waals surface area contributed by atoms with Crippen molar-refractivity contribution in [3.63, 3.8) is 0 Å². The van der Waals surface area contributed by atoms with Crippen LogP contribution in [0.25, 0.3) is 20.7 Å². The minimum atomic E-state index is 0.611. The maximum Gasteiger partial charge on any atom is 0.159 e. The predicted octanol–water partition coefficient (Wildman–Crippen LogP) is 3.90. The molecule has 4 nitrogen and oxygen atoms in total. The molecule has 6 heteroatoms. The number of aromatic amines is 1. The fourth-order valence-electron chi connectivity index (χ4n) is 1.05. The van der Waals surface area contributed by atoms with Gasteiger partial charge in [0.1, 0.15) is 0 Å². The van der Waals surface area contributed by atoms with Crippen LogP contribution in [0.4, 0.5) is 5.69 Å². The third-order valence-corrected chi connectivity index (χ3v) is 2.76.